The lowest BCUT2D eigenvalue weighted by molar-refractivity contribution is -0.170. The van der Waals surface area contributed by atoms with E-state index in [4.69, 9.17) is 58.0 Å². The SMILES string of the molecule is O=C(Cc1cc(CC(=O)C(F)(F)F)c(F)cc1F)c1cc(NC(=O)[C@H]2[C@H](c3ccc(Cl)c(Cl)c3)C2(Cl)Cl)cc(F)c1Cl. The highest BCUT2D eigenvalue weighted by Gasteiger charge is 2.67. The minimum atomic E-state index is -5.26. The molecule has 0 unspecified atom stereocenters. The van der Waals surface area contributed by atoms with Crippen LogP contribution >= 0.6 is 58.0 Å². The summed E-state index contributed by atoms with van der Waals surface area (Å²) in [6.07, 6.45) is -7.59. The van der Waals surface area contributed by atoms with Crippen LogP contribution in [-0.4, -0.2) is 28.0 Å². The molecule has 4 nitrogen and oxygen atoms in total. The molecule has 0 saturated heterocycles. The number of amides is 1. The molecule has 0 spiro atoms. The van der Waals surface area contributed by atoms with E-state index in [2.05, 4.69) is 5.32 Å². The van der Waals surface area contributed by atoms with E-state index in [0.717, 1.165) is 12.1 Å². The Bertz CT molecular complexity index is 1630. The number of carbonyl (C=O) groups is 3. The van der Waals surface area contributed by atoms with E-state index in [-0.39, 0.29) is 21.8 Å². The summed E-state index contributed by atoms with van der Waals surface area (Å²) in [4.78, 5) is 37.2. The topological polar surface area (TPSA) is 63.2 Å². The van der Waals surface area contributed by atoms with Crippen molar-refractivity contribution in [2.24, 2.45) is 5.92 Å². The molecule has 2 atom stereocenters. The van der Waals surface area contributed by atoms with Crippen LogP contribution in [0.2, 0.25) is 15.1 Å². The molecule has 222 valence electrons. The maximum absolute atomic E-state index is 14.7. The van der Waals surface area contributed by atoms with Crippen molar-refractivity contribution in [3.8, 4) is 0 Å². The largest absolute Gasteiger partial charge is 0.450 e. The number of ketones is 2. The van der Waals surface area contributed by atoms with Gasteiger partial charge in [-0.15, -0.1) is 23.2 Å². The molecule has 3 aromatic rings. The van der Waals surface area contributed by atoms with E-state index in [0.29, 0.717) is 11.6 Å². The zero-order valence-corrected chi connectivity index (χ0v) is 24.3. The molecule has 1 saturated carbocycles. The van der Waals surface area contributed by atoms with Gasteiger partial charge in [-0.05, 0) is 47.0 Å². The maximum Gasteiger partial charge on any atom is 0.450 e. The van der Waals surface area contributed by atoms with Crippen molar-refractivity contribution in [3.63, 3.8) is 0 Å². The molecule has 42 heavy (non-hydrogen) atoms. The molecule has 1 fully saturated rings. The lowest BCUT2D eigenvalue weighted by Crippen LogP contribution is -2.25. The quantitative estimate of drug-likeness (QED) is 0.146. The summed E-state index contributed by atoms with van der Waals surface area (Å²) in [5.41, 5.74) is -1.64. The van der Waals surface area contributed by atoms with Crippen molar-refractivity contribution >= 4 is 81.2 Å². The van der Waals surface area contributed by atoms with Gasteiger partial charge in [0.15, 0.2) is 5.78 Å². The standard InChI is InChI=1S/C27H14Cl5F6NO3/c28-15-2-1-10(4-16(15)29)22-23(26(22,31)32)25(42)39-13-7-14(24(30)19(35)8-13)20(40)5-11-3-12(18(34)9-17(11)33)6-21(41)27(36,37)38/h1-4,7-9,22-23H,5-6H2,(H,39,42)/t22-,23+/m0/s1. The van der Waals surface area contributed by atoms with Gasteiger partial charge in [-0.2, -0.15) is 13.2 Å². The van der Waals surface area contributed by atoms with Gasteiger partial charge in [0.05, 0.1) is 21.0 Å². The zero-order valence-electron chi connectivity index (χ0n) is 20.5. The average molecular weight is 692 g/mol. The number of carbonyl (C=O) groups excluding carboxylic acids is 3. The van der Waals surface area contributed by atoms with Gasteiger partial charge >= 0.3 is 6.18 Å². The van der Waals surface area contributed by atoms with Crippen LogP contribution in [0.5, 0.6) is 0 Å². The number of halogens is 11. The zero-order chi connectivity index (χ0) is 31.3. The van der Waals surface area contributed by atoms with E-state index in [1.807, 2.05) is 0 Å². The number of nitrogens with one attached hydrogen (secondary N) is 1. The number of hydrogen-bond acceptors (Lipinski definition) is 3. The number of alkyl halides is 5. The number of benzene rings is 3. The highest BCUT2D eigenvalue weighted by molar-refractivity contribution is 6.53. The van der Waals surface area contributed by atoms with Crippen molar-refractivity contribution in [2.75, 3.05) is 5.32 Å². The Kier molecular flexibility index (Phi) is 9.17. The van der Waals surface area contributed by atoms with Crippen LogP contribution < -0.4 is 5.32 Å². The Hall–Kier alpha value is -2.50. The van der Waals surface area contributed by atoms with Crippen LogP contribution in [-0.2, 0) is 22.4 Å². The second-order valence-electron chi connectivity index (χ2n) is 9.34. The first-order valence-electron chi connectivity index (χ1n) is 11.6. The molecular formula is C27H14Cl5F6NO3. The van der Waals surface area contributed by atoms with Crippen LogP contribution in [0.4, 0.5) is 32.0 Å². The fourth-order valence-corrected chi connectivity index (χ4v) is 5.66. The van der Waals surface area contributed by atoms with Gasteiger partial charge in [0, 0.05) is 36.1 Å². The summed E-state index contributed by atoms with van der Waals surface area (Å²) in [5.74, 6) is -9.67. The summed E-state index contributed by atoms with van der Waals surface area (Å²) in [5, 5.41) is 2.15. The fraction of sp³-hybridized carbons (Fsp3) is 0.222. The van der Waals surface area contributed by atoms with Gasteiger partial charge in [0.1, 0.15) is 21.8 Å². The third kappa shape index (κ3) is 6.68. The second-order valence-corrected chi connectivity index (χ2v) is 12.0. The molecular weight excluding hydrogens is 678 g/mol. The Balaban J connectivity index is 1.55. The molecule has 1 N–H and O–H groups in total. The monoisotopic (exact) mass is 689 g/mol. The Morgan fingerprint density at radius 2 is 1.43 bits per heavy atom. The van der Waals surface area contributed by atoms with E-state index >= 15 is 0 Å². The van der Waals surface area contributed by atoms with Crippen molar-refractivity contribution < 1.29 is 40.7 Å². The number of hydrogen-bond donors (Lipinski definition) is 1. The molecule has 1 amide bonds. The molecule has 4 rings (SSSR count). The summed E-state index contributed by atoms with van der Waals surface area (Å²) in [7, 11) is 0. The molecule has 0 heterocycles. The highest BCUT2D eigenvalue weighted by Crippen LogP contribution is 2.65. The normalized spacial score (nSPS) is 17.6. The van der Waals surface area contributed by atoms with E-state index in [1.54, 1.807) is 6.07 Å². The molecule has 3 aromatic carbocycles. The predicted octanol–water partition coefficient (Wildman–Crippen LogP) is 8.69. The predicted molar refractivity (Wildman–Crippen MR) is 146 cm³/mol. The molecule has 0 aliphatic heterocycles. The van der Waals surface area contributed by atoms with E-state index in [1.165, 1.54) is 12.1 Å². The van der Waals surface area contributed by atoms with Crippen LogP contribution in [0, 0.1) is 23.4 Å². The Labute approximate surface area is 258 Å². The lowest BCUT2D eigenvalue weighted by atomic mass is 9.98. The second kappa shape index (κ2) is 11.9. The third-order valence-corrected chi connectivity index (χ3v) is 8.53. The van der Waals surface area contributed by atoms with Gasteiger partial charge in [-0.25, -0.2) is 13.2 Å². The molecule has 0 radical (unpaired) electrons. The minimum Gasteiger partial charge on any atom is -0.326 e. The van der Waals surface area contributed by atoms with E-state index in [9.17, 15) is 40.7 Å². The maximum atomic E-state index is 14.7. The first kappa shape index (κ1) is 32.4. The molecule has 1 aliphatic carbocycles. The lowest BCUT2D eigenvalue weighted by Gasteiger charge is -2.12. The fourth-order valence-electron chi connectivity index (χ4n) is 4.31. The van der Waals surface area contributed by atoms with E-state index < -0.39 is 91.8 Å². The summed E-state index contributed by atoms with van der Waals surface area (Å²) in [6, 6.07) is 7.16. The Morgan fingerprint density at radius 1 is 0.810 bits per heavy atom. The van der Waals surface area contributed by atoms with Gasteiger partial charge in [-0.3, -0.25) is 14.4 Å². The van der Waals surface area contributed by atoms with Crippen LogP contribution in [0.25, 0.3) is 0 Å². The number of Topliss-reactive ketones (excluding diaryl/α,β-unsaturated/α-hetero) is 2. The molecule has 0 bridgehead atoms. The van der Waals surface area contributed by atoms with Crippen molar-refractivity contribution in [1.82, 2.24) is 0 Å². The number of anilines is 1. The molecule has 0 aromatic heterocycles. The minimum absolute atomic E-state index is 0.198. The van der Waals surface area contributed by atoms with Crippen molar-refractivity contribution in [2.45, 2.75) is 29.3 Å². The summed E-state index contributed by atoms with van der Waals surface area (Å²) >= 11 is 30.5. The first-order valence-corrected chi connectivity index (χ1v) is 13.5. The number of rotatable bonds is 8. The van der Waals surface area contributed by atoms with Crippen molar-refractivity contribution in [1.29, 1.82) is 0 Å². The van der Waals surface area contributed by atoms with Gasteiger partial charge < -0.3 is 5.32 Å². The van der Waals surface area contributed by atoms with Gasteiger partial charge in [-0.1, -0.05) is 40.9 Å². The smallest absolute Gasteiger partial charge is 0.326 e. The summed E-state index contributed by atoms with van der Waals surface area (Å²) < 4.78 is 79.4. The van der Waals surface area contributed by atoms with Gasteiger partial charge in [0.25, 0.3) is 0 Å². The Morgan fingerprint density at radius 3 is 2.02 bits per heavy atom. The van der Waals surface area contributed by atoms with Crippen LogP contribution in [0.15, 0.2) is 42.5 Å². The van der Waals surface area contributed by atoms with Gasteiger partial charge in [0.2, 0.25) is 11.7 Å². The third-order valence-electron chi connectivity index (χ3n) is 6.47. The van der Waals surface area contributed by atoms with Crippen LogP contribution in [0.1, 0.15) is 33.0 Å². The van der Waals surface area contributed by atoms with Crippen molar-refractivity contribution in [3.05, 3.63) is 97.2 Å². The molecule has 1 aliphatic rings. The summed E-state index contributed by atoms with van der Waals surface area (Å²) in [6.45, 7) is 0. The van der Waals surface area contributed by atoms with Crippen LogP contribution in [0.3, 0.4) is 0 Å². The highest BCUT2D eigenvalue weighted by atomic mass is 35.5. The molecule has 15 heteroatoms. The first-order chi connectivity index (χ1) is 19.4. The average Bonchev–Trinajstić information content (AvgIpc) is 3.46.